The fraction of sp³-hybridized carbons (Fsp3) is 0.333. The quantitative estimate of drug-likeness (QED) is 0.660. The highest BCUT2D eigenvalue weighted by Crippen LogP contribution is 2.30. The molecule has 2 atom stereocenters. The molecular weight excluding hydrogens is 358 g/mol. The summed E-state index contributed by atoms with van der Waals surface area (Å²) in [5, 5.41) is 3.59. The van der Waals surface area contributed by atoms with Gasteiger partial charge in [0.2, 0.25) is 5.91 Å². The van der Waals surface area contributed by atoms with Gasteiger partial charge in [0.1, 0.15) is 0 Å². The number of benzene rings is 2. The number of ether oxygens (including phenoxy) is 1. The lowest BCUT2D eigenvalue weighted by Crippen LogP contribution is -2.36. The molecule has 1 fully saturated rings. The molecule has 0 radical (unpaired) electrons. The van der Waals surface area contributed by atoms with Gasteiger partial charge in [-0.3, -0.25) is 9.36 Å². The molecule has 0 saturated carbocycles. The van der Waals surface area contributed by atoms with Crippen molar-refractivity contribution in [2.45, 2.75) is 36.3 Å². The first-order chi connectivity index (χ1) is 13.2. The van der Waals surface area contributed by atoms with E-state index < -0.39 is 0 Å². The Kier molecular flexibility index (Phi) is 5.45. The molecule has 1 aliphatic rings. The normalized spacial score (nSPS) is 17.9. The standard InChI is InChI=1S/C21H23N3O2S/c1-15(20(25)22-14-17-10-7-13-26-17)27-21-23-18-11-5-6-12-19(18)24(21)16-8-3-2-4-9-16/h2-6,8-9,11-12,15,17H,7,10,13-14H2,1H3,(H,22,25)/t15-,17-/m1/s1. The summed E-state index contributed by atoms with van der Waals surface area (Å²) in [7, 11) is 0. The van der Waals surface area contributed by atoms with Crippen LogP contribution in [0.2, 0.25) is 0 Å². The number of carbonyl (C=O) groups excluding carboxylic acids is 1. The Hall–Kier alpha value is -2.31. The maximum absolute atomic E-state index is 12.5. The van der Waals surface area contributed by atoms with Gasteiger partial charge >= 0.3 is 0 Å². The number of hydrogen-bond donors (Lipinski definition) is 1. The highest BCUT2D eigenvalue weighted by atomic mass is 32.2. The summed E-state index contributed by atoms with van der Waals surface area (Å²) >= 11 is 1.48. The Morgan fingerprint density at radius 2 is 2.04 bits per heavy atom. The van der Waals surface area contributed by atoms with E-state index in [1.54, 1.807) is 0 Å². The van der Waals surface area contributed by atoms with Gasteiger partial charge in [-0.2, -0.15) is 0 Å². The third-order valence-electron chi connectivity index (χ3n) is 4.72. The van der Waals surface area contributed by atoms with Crippen LogP contribution in [0.25, 0.3) is 16.7 Å². The van der Waals surface area contributed by atoms with E-state index in [1.807, 2.05) is 43.3 Å². The zero-order valence-corrected chi connectivity index (χ0v) is 16.1. The zero-order chi connectivity index (χ0) is 18.6. The van der Waals surface area contributed by atoms with E-state index in [0.717, 1.165) is 41.3 Å². The minimum absolute atomic E-state index is 0.0159. The first-order valence-electron chi connectivity index (χ1n) is 9.31. The lowest BCUT2D eigenvalue weighted by atomic mass is 10.2. The van der Waals surface area contributed by atoms with Crippen LogP contribution in [0.15, 0.2) is 59.8 Å². The van der Waals surface area contributed by atoms with Crippen molar-refractivity contribution in [3.05, 3.63) is 54.6 Å². The molecule has 1 amide bonds. The molecule has 1 saturated heterocycles. The van der Waals surface area contributed by atoms with E-state index in [1.165, 1.54) is 11.8 Å². The number of thioether (sulfide) groups is 1. The minimum atomic E-state index is -0.245. The van der Waals surface area contributed by atoms with Gasteiger partial charge < -0.3 is 10.1 Å². The average molecular weight is 382 g/mol. The third kappa shape index (κ3) is 4.01. The molecule has 0 aliphatic carbocycles. The topological polar surface area (TPSA) is 56.2 Å². The van der Waals surface area contributed by atoms with Gasteiger partial charge in [-0.05, 0) is 44.0 Å². The SMILES string of the molecule is C[C@@H](Sc1nc2ccccc2n1-c1ccccc1)C(=O)NC[C@H]1CCCO1. The van der Waals surface area contributed by atoms with Crippen molar-refractivity contribution in [2.24, 2.45) is 0 Å². The molecule has 0 unspecified atom stereocenters. The third-order valence-corrected chi connectivity index (χ3v) is 5.78. The molecular formula is C21H23N3O2S. The van der Waals surface area contributed by atoms with Crippen LogP contribution in [-0.4, -0.2) is 40.0 Å². The van der Waals surface area contributed by atoms with E-state index in [2.05, 4.69) is 28.1 Å². The summed E-state index contributed by atoms with van der Waals surface area (Å²) in [6.45, 7) is 3.30. The van der Waals surface area contributed by atoms with Crippen molar-refractivity contribution >= 4 is 28.7 Å². The van der Waals surface area contributed by atoms with Crippen molar-refractivity contribution in [2.75, 3.05) is 13.2 Å². The van der Waals surface area contributed by atoms with Gasteiger partial charge in [0.15, 0.2) is 5.16 Å². The summed E-state index contributed by atoms with van der Waals surface area (Å²) in [6.07, 6.45) is 2.25. The van der Waals surface area contributed by atoms with Gasteiger partial charge in [-0.15, -0.1) is 0 Å². The minimum Gasteiger partial charge on any atom is -0.376 e. The van der Waals surface area contributed by atoms with Crippen LogP contribution in [0.4, 0.5) is 0 Å². The predicted octanol–water partition coefficient (Wildman–Crippen LogP) is 3.80. The maximum Gasteiger partial charge on any atom is 0.233 e. The second-order valence-electron chi connectivity index (χ2n) is 6.69. The number of hydrogen-bond acceptors (Lipinski definition) is 4. The Balaban J connectivity index is 1.55. The molecule has 27 heavy (non-hydrogen) atoms. The Morgan fingerprint density at radius 3 is 2.81 bits per heavy atom. The van der Waals surface area contributed by atoms with E-state index in [4.69, 9.17) is 9.72 Å². The number of nitrogens with zero attached hydrogens (tertiary/aromatic N) is 2. The van der Waals surface area contributed by atoms with Gasteiger partial charge in [0.25, 0.3) is 0 Å². The Morgan fingerprint density at radius 1 is 1.26 bits per heavy atom. The molecule has 140 valence electrons. The molecule has 1 aromatic heterocycles. The van der Waals surface area contributed by atoms with Crippen molar-refractivity contribution in [1.29, 1.82) is 0 Å². The number of nitrogens with one attached hydrogen (secondary N) is 1. The summed E-state index contributed by atoms with van der Waals surface area (Å²) < 4.78 is 7.70. The van der Waals surface area contributed by atoms with Crippen molar-refractivity contribution < 1.29 is 9.53 Å². The Labute approximate surface area is 163 Å². The molecule has 1 aliphatic heterocycles. The fourth-order valence-corrected chi connectivity index (χ4v) is 4.25. The average Bonchev–Trinajstić information content (AvgIpc) is 3.34. The summed E-state index contributed by atoms with van der Waals surface area (Å²) in [4.78, 5) is 17.3. The van der Waals surface area contributed by atoms with Crippen LogP contribution in [0.1, 0.15) is 19.8 Å². The molecule has 3 aromatic rings. The van der Waals surface area contributed by atoms with E-state index in [-0.39, 0.29) is 17.3 Å². The van der Waals surface area contributed by atoms with Crippen LogP contribution in [0.5, 0.6) is 0 Å². The molecule has 1 N–H and O–H groups in total. The lowest BCUT2D eigenvalue weighted by molar-refractivity contribution is -0.120. The molecule has 2 heterocycles. The van der Waals surface area contributed by atoms with Crippen molar-refractivity contribution in [3.63, 3.8) is 0 Å². The van der Waals surface area contributed by atoms with Gasteiger partial charge in [0, 0.05) is 18.8 Å². The zero-order valence-electron chi connectivity index (χ0n) is 15.3. The van der Waals surface area contributed by atoms with E-state index >= 15 is 0 Å². The fourth-order valence-electron chi connectivity index (χ4n) is 3.28. The van der Waals surface area contributed by atoms with E-state index in [0.29, 0.717) is 6.54 Å². The number of rotatable bonds is 6. The number of para-hydroxylation sites is 3. The van der Waals surface area contributed by atoms with Crippen LogP contribution in [-0.2, 0) is 9.53 Å². The monoisotopic (exact) mass is 381 g/mol. The van der Waals surface area contributed by atoms with Crippen LogP contribution in [0, 0.1) is 0 Å². The van der Waals surface area contributed by atoms with Crippen molar-refractivity contribution in [3.8, 4) is 5.69 Å². The number of imidazole rings is 1. The summed E-state index contributed by atoms with van der Waals surface area (Å²) in [6, 6.07) is 18.2. The molecule has 6 heteroatoms. The van der Waals surface area contributed by atoms with Crippen LogP contribution >= 0.6 is 11.8 Å². The van der Waals surface area contributed by atoms with Crippen LogP contribution in [0.3, 0.4) is 0 Å². The molecule has 5 nitrogen and oxygen atoms in total. The summed E-state index contributed by atoms with van der Waals surface area (Å²) in [5.41, 5.74) is 3.01. The second kappa shape index (κ2) is 8.15. The van der Waals surface area contributed by atoms with Crippen molar-refractivity contribution in [1.82, 2.24) is 14.9 Å². The largest absolute Gasteiger partial charge is 0.376 e. The van der Waals surface area contributed by atoms with Gasteiger partial charge in [-0.1, -0.05) is 42.1 Å². The maximum atomic E-state index is 12.5. The molecule has 0 spiro atoms. The lowest BCUT2D eigenvalue weighted by Gasteiger charge is -2.15. The smallest absolute Gasteiger partial charge is 0.233 e. The highest BCUT2D eigenvalue weighted by Gasteiger charge is 2.22. The Bertz CT molecular complexity index is 920. The second-order valence-corrected chi connectivity index (χ2v) is 8.00. The number of aromatic nitrogens is 2. The predicted molar refractivity (Wildman–Crippen MR) is 108 cm³/mol. The van der Waals surface area contributed by atoms with Gasteiger partial charge in [0.05, 0.1) is 22.4 Å². The highest BCUT2D eigenvalue weighted by molar-refractivity contribution is 8.00. The number of carbonyl (C=O) groups is 1. The van der Waals surface area contributed by atoms with Crippen LogP contribution < -0.4 is 5.32 Å². The molecule has 4 rings (SSSR count). The summed E-state index contributed by atoms with van der Waals surface area (Å²) in [5.74, 6) is 0.0159. The van der Waals surface area contributed by atoms with Gasteiger partial charge in [-0.25, -0.2) is 4.98 Å². The molecule has 2 aromatic carbocycles. The number of amides is 1. The van der Waals surface area contributed by atoms with E-state index in [9.17, 15) is 4.79 Å². The first kappa shape index (κ1) is 18.1. The first-order valence-corrected chi connectivity index (χ1v) is 10.2. The molecule has 0 bridgehead atoms. The number of fused-ring (bicyclic) bond motifs is 1.